The van der Waals surface area contributed by atoms with Crippen molar-refractivity contribution in [3.63, 3.8) is 0 Å². The summed E-state index contributed by atoms with van der Waals surface area (Å²) in [6.45, 7) is 6.87. The number of hydrogen-bond acceptors (Lipinski definition) is 4. The van der Waals surface area contributed by atoms with E-state index in [9.17, 15) is 4.79 Å². The summed E-state index contributed by atoms with van der Waals surface area (Å²) in [7, 11) is 0. The van der Waals surface area contributed by atoms with Gasteiger partial charge in [0.05, 0.1) is 31.0 Å². The van der Waals surface area contributed by atoms with Crippen molar-refractivity contribution in [1.82, 2.24) is 0 Å². The van der Waals surface area contributed by atoms with Crippen LogP contribution in [-0.4, -0.2) is 32.2 Å². The number of anilines is 2. The summed E-state index contributed by atoms with van der Waals surface area (Å²) in [5.41, 5.74) is 2.89. The summed E-state index contributed by atoms with van der Waals surface area (Å²) < 4.78 is 5.33. The van der Waals surface area contributed by atoms with Crippen LogP contribution in [0.5, 0.6) is 0 Å². The monoisotopic (exact) mass is 378 g/mol. The maximum absolute atomic E-state index is 13.1. The normalized spacial score (nSPS) is 17.0. The van der Waals surface area contributed by atoms with Gasteiger partial charge in [0.25, 0.3) is 5.91 Å². The summed E-state index contributed by atoms with van der Waals surface area (Å²) in [5, 5.41) is 3.53. The minimum Gasteiger partial charge on any atom is -0.384 e. The average Bonchev–Trinajstić information content (AvgIpc) is 2.77. The molecule has 4 rings (SSSR count). The van der Waals surface area contributed by atoms with E-state index in [1.165, 1.54) is 0 Å². The molecular weight excluding hydrogens is 356 g/mol. The molecule has 27 heavy (non-hydrogen) atoms. The molecule has 0 saturated carbocycles. The van der Waals surface area contributed by atoms with Crippen LogP contribution in [0.4, 0.5) is 11.4 Å². The fourth-order valence-corrected chi connectivity index (χ4v) is 4.34. The fourth-order valence-electron chi connectivity index (χ4n) is 3.22. The number of benzene rings is 2. The van der Waals surface area contributed by atoms with Crippen LogP contribution in [0.1, 0.15) is 24.2 Å². The summed E-state index contributed by atoms with van der Waals surface area (Å²) in [4.78, 5) is 16.9. The van der Waals surface area contributed by atoms with Crippen molar-refractivity contribution in [3.05, 3.63) is 48.0 Å². The maximum atomic E-state index is 13.1. The van der Waals surface area contributed by atoms with E-state index >= 15 is 0 Å². The van der Waals surface area contributed by atoms with Gasteiger partial charge in [-0.2, -0.15) is 0 Å². The largest absolute Gasteiger partial charge is 0.384 e. The number of hydrogen-bond donors (Lipinski definition) is 1. The third-order valence-electron chi connectivity index (χ3n) is 4.87. The molecule has 0 spiro atoms. The standard InChI is InChI=1S/C22H22N2O2S/c1-3-4-11-24-18-10-9-16(23-13-22(2)14-26-15-22)12-20(18)27-19-8-6-5-7-17(19)21(24)25/h5-10,12,23H,11,13-15H2,1-2H3. The molecule has 5 heteroatoms. The third-order valence-corrected chi connectivity index (χ3v) is 5.99. The van der Waals surface area contributed by atoms with E-state index in [0.29, 0.717) is 6.54 Å². The van der Waals surface area contributed by atoms with Crippen molar-refractivity contribution in [3.8, 4) is 11.8 Å². The van der Waals surface area contributed by atoms with E-state index in [4.69, 9.17) is 4.74 Å². The summed E-state index contributed by atoms with van der Waals surface area (Å²) in [6.07, 6.45) is 0. The zero-order valence-electron chi connectivity index (χ0n) is 15.5. The number of rotatable bonds is 4. The van der Waals surface area contributed by atoms with Gasteiger partial charge in [0.2, 0.25) is 0 Å². The van der Waals surface area contributed by atoms with Gasteiger partial charge in [-0.05, 0) is 37.3 Å². The van der Waals surface area contributed by atoms with Gasteiger partial charge in [-0.3, -0.25) is 9.69 Å². The van der Waals surface area contributed by atoms with Crippen molar-refractivity contribution >= 4 is 29.0 Å². The number of ether oxygens (including phenoxy) is 1. The Morgan fingerprint density at radius 2 is 2.04 bits per heavy atom. The van der Waals surface area contributed by atoms with E-state index in [1.807, 2.05) is 36.4 Å². The molecule has 2 heterocycles. The number of nitrogens with one attached hydrogen (secondary N) is 1. The zero-order valence-corrected chi connectivity index (χ0v) is 16.4. The van der Waals surface area contributed by atoms with Gasteiger partial charge < -0.3 is 10.1 Å². The second kappa shape index (κ2) is 7.30. The topological polar surface area (TPSA) is 41.6 Å². The summed E-state index contributed by atoms with van der Waals surface area (Å²) >= 11 is 1.64. The van der Waals surface area contributed by atoms with Crippen LogP contribution in [0.25, 0.3) is 0 Å². The van der Waals surface area contributed by atoms with Crippen LogP contribution in [0.15, 0.2) is 52.3 Å². The van der Waals surface area contributed by atoms with Crippen LogP contribution in [0.3, 0.4) is 0 Å². The molecule has 2 aliphatic heterocycles. The van der Waals surface area contributed by atoms with Gasteiger partial charge in [0.1, 0.15) is 0 Å². The van der Waals surface area contributed by atoms with Crippen LogP contribution in [-0.2, 0) is 4.74 Å². The Labute approximate surface area is 164 Å². The molecule has 2 aromatic carbocycles. The second-order valence-corrected chi connectivity index (χ2v) is 8.34. The first-order valence-electron chi connectivity index (χ1n) is 9.04. The molecule has 4 nitrogen and oxygen atoms in total. The lowest BCUT2D eigenvalue weighted by Gasteiger charge is -2.38. The number of amides is 1. The van der Waals surface area contributed by atoms with Gasteiger partial charge in [-0.15, -0.1) is 5.92 Å². The predicted molar refractivity (Wildman–Crippen MR) is 110 cm³/mol. The highest BCUT2D eigenvalue weighted by molar-refractivity contribution is 7.99. The molecule has 1 amide bonds. The van der Waals surface area contributed by atoms with Crippen molar-refractivity contribution < 1.29 is 9.53 Å². The number of fused-ring (bicyclic) bond motifs is 2. The first-order chi connectivity index (χ1) is 13.1. The van der Waals surface area contributed by atoms with Crippen LogP contribution in [0.2, 0.25) is 0 Å². The molecule has 0 radical (unpaired) electrons. The first kappa shape index (κ1) is 18.0. The summed E-state index contributed by atoms with van der Waals surface area (Å²) in [5.74, 6) is 5.94. The van der Waals surface area contributed by atoms with Gasteiger partial charge in [-0.25, -0.2) is 0 Å². The maximum Gasteiger partial charge on any atom is 0.260 e. The first-order valence-corrected chi connectivity index (χ1v) is 9.85. The Balaban J connectivity index is 1.68. The Morgan fingerprint density at radius 1 is 1.22 bits per heavy atom. The zero-order chi connectivity index (χ0) is 18.9. The van der Waals surface area contributed by atoms with Crippen LogP contribution < -0.4 is 10.2 Å². The van der Waals surface area contributed by atoms with E-state index in [2.05, 4.69) is 30.1 Å². The van der Waals surface area contributed by atoms with Gasteiger partial charge >= 0.3 is 0 Å². The van der Waals surface area contributed by atoms with Crippen LogP contribution in [0, 0.1) is 17.3 Å². The highest BCUT2D eigenvalue weighted by Gasteiger charge is 2.33. The summed E-state index contributed by atoms with van der Waals surface area (Å²) in [6, 6.07) is 14.0. The minimum atomic E-state index is -0.000521. The van der Waals surface area contributed by atoms with Gasteiger partial charge in [-0.1, -0.05) is 36.7 Å². The van der Waals surface area contributed by atoms with E-state index in [-0.39, 0.29) is 11.3 Å². The van der Waals surface area contributed by atoms with Crippen molar-refractivity contribution in [2.45, 2.75) is 23.6 Å². The molecule has 1 saturated heterocycles. The third kappa shape index (κ3) is 3.55. The van der Waals surface area contributed by atoms with Crippen molar-refractivity contribution in [1.29, 1.82) is 0 Å². The molecule has 0 aromatic heterocycles. The lowest BCUT2D eigenvalue weighted by molar-refractivity contribution is -0.0924. The molecule has 0 atom stereocenters. The molecular formula is C22H22N2O2S. The second-order valence-electron chi connectivity index (χ2n) is 7.26. The SMILES string of the molecule is CC#CCN1C(=O)c2ccccc2Sc2cc(NCC3(C)COC3)ccc21. The van der Waals surface area contributed by atoms with E-state index < -0.39 is 0 Å². The molecule has 0 bridgehead atoms. The van der Waals surface area contributed by atoms with Crippen molar-refractivity contribution in [2.75, 3.05) is 36.5 Å². The molecule has 1 fully saturated rings. The van der Waals surface area contributed by atoms with Crippen molar-refractivity contribution in [2.24, 2.45) is 5.41 Å². The van der Waals surface area contributed by atoms with E-state index in [0.717, 1.165) is 46.5 Å². The Kier molecular flexibility index (Phi) is 4.86. The minimum absolute atomic E-state index is 0.000521. The number of carbonyl (C=O) groups excluding carboxylic acids is 1. The fraction of sp³-hybridized carbons (Fsp3) is 0.318. The molecule has 2 aromatic rings. The molecule has 0 aliphatic carbocycles. The molecule has 2 aliphatic rings. The molecule has 0 unspecified atom stereocenters. The lowest BCUT2D eigenvalue weighted by Crippen LogP contribution is -2.45. The molecule has 138 valence electrons. The highest BCUT2D eigenvalue weighted by atomic mass is 32.2. The Morgan fingerprint density at radius 3 is 2.78 bits per heavy atom. The average molecular weight is 378 g/mol. The lowest BCUT2D eigenvalue weighted by atomic mass is 9.89. The number of nitrogens with zero attached hydrogens (tertiary/aromatic N) is 1. The number of carbonyl (C=O) groups is 1. The van der Waals surface area contributed by atoms with Gasteiger partial charge in [0.15, 0.2) is 0 Å². The smallest absolute Gasteiger partial charge is 0.260 e. The highest BCUT2D eigenvalue weighted by Crippen LogP contribution is 2.42. The Hall–Kier alpha value is -2.42. The molecule has 1 N–H and O–H groups in total. The van der Waals surface area contributed by atoms with Crippen LogP contribution >= 0.6 is 11.8 Å². The van der Waals surface area contributed by atoms with Gasteiger partial charge in [0, 0.05) is 27.4 Å². The Bertz CT molecular complexity index is 941. The predicted octanol–water partition coefficient (Wildman–Crippen LogP) is 4.27. The quantitative estimate of drug-likeness (QED) is 0.807. The van der Waals surface area contributed by atoms with E-state index in [1.54, 1.807) is 23.6 Å².